The third-order valence-electron chi connectivity index (χ3n) is 2.18. The van der Waals surface area contributed by atoms with Crippen LogP contribution < -0.4 is 4.74 Å². The summed E-state index contributed by atoms with van der Waals surface area (Å²) in [5, 5.41) is 0. The second kappa shape index (κ2) is 3.61. The zero-order chi connectivity index (χ0) is 10.9. The van der Waals surface area contributed by atoms with Crippen LogP contribution in [0.4, 0.5) is 13.2 Å². The standard InChI is InChI=1S/C11H9F3O/c12-11(13,14)9-4-5-10-8(7-9)3-1-2-6-15-10/h1,3-5,7H,2,6H2. The molecule has 0 N–H and O–H groups in total. The normalized spacial score (nSPS) is 15.4. The largest absolute Gasteiger partial charge is 0.493 e. The average Bonchev–Trinajstić information content (AvgIpc) is 2.39. The molecule has 0 bridgehead atoms. The molecule has 1 aromatic rings. The topological polar surface area (TPSA) is 9.23 Å². The van der Waals surface area contributed by atoms with Gasteiger partial charge in [-0.3, -0.25) is 0 Å². The smallest absolute Gasteiger partial charge is 0.416 e. The molecule has 2 rings (SSSR count). The summed E-state index contributed by atoms with van der Waals surface area (Å²) >= 11 is 0. The second-order valence-corrected chi connectivity index (χ2v) is 3.29. The van der Waals surface area contributed by atoms with Crippen molar-refractivity contribution in [3.05, 3.63) is 35.4 Å². The fourth-order valence-corrected chi connectivity index (χ4v) is 1.43. The first-order valence-corrected chi connectivity index (χ1v) is 4.58. The van der Waals surface area contributed by atoms with Crippen LogP contribution in [0.15, 0.2) is 24.3 Å². The predicted molar refractivity (Wildman–Crippen MR) is 50.6 cm³/mol. The number of hydrogen-bond acceptors (Lipinski definition) is 1. The highest BCUT2D eigenvalue weighted by molar-refractivity contribution is 5.59. The highest BCUT2D eigenvalue weighted by Crippen LogP contribution is 2.33. The molecule has 0 saturated carbocycles. The first-order valence-electron chi connectivity index (χ1n) is 4.58. The molecule has 0 amide bonds. The Balaban J connectivity index is 2.44. The van der Waals surface area contributed by atoms with Crippen LogP contribution >= 0.6 is 0 Å². The maximum absolute atomic E-state index is 12.4. The van der Waals surface area contributed by atoms with Crippen LogP contribution in [-0.4, -0.2) is 6.61 Å². The molecule has 0 aromatic heterocycles. The highest BCUT2D eigenvalue weighted by atomic mass is 19.4. The van der Waals surface area contributed by atoms with Crippen molar-refractivity contribution < 1.29 is 17.9 Å². The summed E-state index contributed by atoms with van der Waals surface area (Å²) in [6, 6.07) is 3.52. The quantitative estimate of drug-likeness (QED) is 0.642. The third kappa shape index (κ3) is 2.14. The van der Waals surface area contributed by atoms with Gasteiger partial charge in [-0.2, -0.15) is 13.2 Å². The van der Waals surface area contributed by atoms with Gasteiger partial charge in [0, 0.05) is 5.56 Å². The van der Waals surface area contributed by atoms with Gasteiger partial charge in [-0.05, 0) is 24.6 Å². The first kappa shape index (κ1) is 10.1. The van der Waals surface area contributed by atoms with E-state index in [0.29, 0.717) is 17.9 Å². The van der Waals surface area contributed by atoms with Gasteiger partial charge >= 0.3 is 6.18 Å². The Morgan fingerprint density at radius 3 is 2.73 bits per heavy atom. The SMILES string of the molecule is FC(F)(F)c1ccc2c(c1)C=CCCO2. The zero-order valence-electron chi connectivity index (χ0n) is 7.84. The van der Waals surface area contributed by atoms with E-state index in [9.17, 15) is 13.2 Å². The van der Waals surface area contributed by atoms with Crippen LogP contribution in [0.25, 0.3) is 6.08 Å². The lowest BCUT2D eigenvalue weighted by Gasteiger charge is -2.10. The molecule has 0 spiro atoms. The number of ether oxygens (including phenoxy) is 1. The second-order valence-electron chi connectivity index (χ2n) is 3.29. The van der Waals surface area contributed by atoms with E-state index in [1.54, 1.807) is 6.08 Å². The Bertz CT molecular complexity index is 393. The van der Waals surface area contributed by atoms with Crippen molar-refractivity contribution in [2.45, 2.75) is 12.6 Å². The van der Waals surface area contributed by atoms with Crippen LogP contribution in [0, 0.1) is 0 Å². The summed E-state index contributed by atoms with van der Waals surface area (Å²) in [6.07, 6.45) is -0.102. The molecule has 1 heterocycles. The first-order chi connectivity index (χ1) is 7.07. The molecule has 1 nitrogen and oxygen atoms in total. The lowest BCUT2D eigenvalue weighted by atomic mass is 10.1. The van der Waals surface area contributed by atoms with E-state index < -0.39 is 11.7 Å². The van der Waals surface area contributed by atoms with Crippen molar-refractivity contribution in [2.24, 2.45) is 0 Å². The molecular formula is C11H9F3O. The minimum Gasteiger partial charge on any atom is -0.493 e. The molecule has 4 heteroatoms. The molecule has 1 aromatic carbocycles. The van der Waals surface area contributed by atoms with Gasteiger partial charge in [-0.1, -0.05) is 12.2 Å². The molecule has 0 atom stereocenters. The van der Waals surface area contributed by atoms with E-state index >= 15 is 0 Å². The van der Waals surface area contributed by atoms with Crippen molar-refractivity contribution in [2.75, 3.05) is 6.61 Å². The van der Waals surface area contributed by atoms with E-state index in [0.717, 1.165) is 18.6 Å². The maximum atomic E-state index is 12.4. The van der Waals surface area contributed by atoms with Crippen molar-refractivity contribution >= 4 is 6.08 Å². The maximum Gasteiger partial charge on any atom is 0.416 e. The van der Waals surface area contributed by atoms with Crippen LogP contribution in [0.3, 0.4) is 0 Å². The lowest BCUT2D eigenvalue weighted by molar-refractivity contribution is -0.137. The van der Waals surface area contributed by atoms with Gasteiger partial charge in [0.15, 0.2) is 0 Å². The van der Waals surface area contributed by atoms with Gasteiger partial charge in [0.05, 0.1) is 12.2 Å². The van der Waals surface area contributed by atoms with Crippen molar-refractivity contribution in [1.29, 1.82) is 0 Å². The third-order valence-corrected chi connectivity index (χ3v) is 2.18. The fourth-order valence-electron chi connectivity index (χ4n) is 1.43. The lowest BCUT2D eigenvalue weighted by Crippen LogP contribution is -2.05. The van der Waals surface area contributed by atoms with Crippen molar-refractivity contribution in [3.8, 4) is 5.75 Å². The number of halogens is 3. The molecule has 0 saturated heterocycles. The Morgan fingerprint density at radius 2 is 2.00 bits per heavy atom. The Morgan fingerprint density at radius 1 is 1.20 bits per heavy atom. The van der Waals surface area contributed by atoms with Crippen molar-refractivity contribution in [1.82, 2.24) is 0 Å². The molecule has 0 unspecified atom stereocenters. The molecule has 1 aliphatic rings. The molecule has 1 aliphatic heterocycles. The van der Waals surface area contributed by atoms with E-state index in [1.807, 2.05) is 6.08 Å². The Labute approximate surface area is 85.2 Å². The molecule has 0 radical (unpaired) electrons. The van der Waals surface area contributed by atoms with Gasteiger partial charge in [0.25, 0.3) is 0 Å². The molecule has 0 fully saturated rings. The van der Waals surface area contributed by atoms with Crippen molar-refractivity contribution in [3.63, 3.8) is 0 Å². The monoisotopic (exact) mass is 214 g/mol. The minimum absolute atomic E-state index is 0.488. The summed E-state index contributed by atoms with van der Waals surface area (Å²) in [5.74, 6) is 0.511. The molecular weight excluding hydrogens is 205 g/mol. The summed E-state index contributed by atoms with van der Waals surface area (Å²) < 4.78 is 42.5. The minimum atomic E-state index is -4.30. The average molecular weight is 214 g/mol. The number of benzene rings is 1. The van der Waals surface area contributed by atoms with Crippen LogP contribution in [0.5, 0.6) is 5.75 Å². The summed E-state index contributed by atoms with van der Waals surface area (Å²) in [4.78, 5) is 0. The number of fused-ring (bicyclic) bond motifs is 1. The predicted octanol–water partition coefficient (Wildman–Crippen LogP) is 3.50. The van der Waals surface area contributed by atoms with E-state index in [1.165, 1.54) is 6.07 Å². The number of rotatable bonds is 0. The molecule has 0 aliphatic carbocycles. The summed E-state index contributed by atoms with van der Waals surface area (Å²) in [7, 11) is 0. The van der Waals surface area contributed by atoms with E-state index in [4.69, 9.17) is 4.74 Å². The molecule has 15 heavy (non-hydrogen) atoms. The van der Waals surface area contributed by atoms with Gasteiger partial charge < -0.3 is 4.74 Å². The Kier molecular flexibility index (Phi) is 2.42. The van der Waals surface area contributed by atoms with Gasteiger partial charge in [0.1, 0.15) is 5.75 Å². The van der Waals surface area contributed by atoms with Crippen LogP contribution in [0.2, 0.25) is 0 Å². The zero-order valence-corrected chi connectivity index (χ0v) is 7.84. The van der Waals surface area contributed by atoms with Gasteiger partial charge in [-0.15, -0.1) is 0 Å². The van der Waals surface area contributed by atoms with E-state index in [2.05, 4.69) is 0 Å². The summed E-state index contributed by atoms with van der Waals surface area (Å²) in [6.45, 7) is 0.509. The van der Waals surface area contributed by atoms with Crippen LogP contribution in [0.1, 0.15) is 17.5 Å². The van der Waals surface area contributed by atoms with Gasteiger partial charge in [0.2, 0.25) is 0 Å². The highest BCUT2D eigenvalue weighted by Gasteiger charge is 2.30. The Hall–Kier alpha value is -1.45. The van der Waals surface area contributed by atoms with Gasteiger partial charge in [-0.25, -0.2) is 0 Å². The van der Waals surface area contributed by atoms with Crippen LogP contribution in [-0.2, 0) is 6.18 Å². The number of hydrogen-bond donors (Lipinski definition) is 0. The molecule has 80 valence electrons. The number of alkyl halides is 3. The fraction of sp³-hybridized carbons (Fsp3) is 0.273. The summed E-state index contributed by atoms with van der Waals surface area (Å²) in [5.41, 5.74) is -0.154. The van der Waals surface area contributed by atoms with E-state index in [-0.39, 0.29) is 0 Å².